The summed E-state index contributed by atoms with van der Waals surface area (Å²) in [6.07, 6.45) is 2.14. The van der Waals surface area contributed by atoms with E-state index < -0.39 is 11.2 Å². The van der Waals surface area contributed by atoms with E-state index in [1.165, 1.54) is 0 Å². The second-order valence-corrected chi connectivity index (χ2v) is 7.13. The van der Waals surface area contributed by atoms with Crippen molar-refractivity contribution in [1.82, 2.24) is 9.88 Å². The third-order valence-electron chi connectivity index (χ3n) is 3.47. The van der Waals surface area contributed by atoms with Crippen LogP contribution in [-0.4, -0.2) is 41.8 Å². The largest absolute Gasteiger partial charge is 0.444 e. The van der Waals surface area contributed by atoms with Crippen LogP contribution >= 0.6 is 15.9 Å². The van der Waals surface area contributed by atoms with Crippen molar-refractivity contribution >= 4 is 22.0 Å². The van der Waals surface area contributed by atoms with Crippen molar-refractivity contribution in [3.05, 3.63) is 28.5 Å². The fourth-order valence-electron chi connectivity index (χ4n) is 2.39. The predicted molar refractivity (Wildman–Crippen MR) is 83.0 cm³/mol. The maximum atomic E-state index is 12.2. The fraction of sp³-hybridized carbons (Fsp3) is 0.600. The number of hydrogen-bond acceptors (Lipinski definition) is 4. The van der Waals surface area contributed by atoms with Gasteiger partial charge in [0.05, 0.1) is 12.2 Å². The van der Waals surface area contributed by atoms with E-state index in [1.807, 2.05) is 32.9 Å². The Morgan fingerprint density at radius 2 is 2.14 bits per heavy atom. The molecular weight excluding hydrogens is 336 g/mol. The molecule has 0 saturated carbocycles. The molecule has 0 aromatic carbocycles. The highest BCUT2D eigenvalue weighted by molar-refractivity contribution is 9.10. The normalized spacial score (nSPS) is 22.4. The summed E-state index contributed by atoms with van der Waals surface area (Å²) >= 11 is 3.37. The smallest absolute Gasteiger partial charge is 0.410 e. The van der Waals surface area contributed by atoms with Gasteiger partial charge in [0.25, 0.3) is 0 Å². The van der Waals surface area contributed by atoms with Gasteiger partial charge in [-0.25, -0.2) is 4.79 Å². The van der Waals surface area contributed by atoms with Gasteiger partial charge in [-0.1, -0.05) is 0 Å². The van der Waals surface area contributed by atoms with Gasteiger partial charge in [-0.2, -0.15) is 0 Å². The molecule has 0 aliphatic carbocycles. The number of carbonyl (C=O) groups is 1. The molecular formula is C15H21BrN2O3. The summed E-state index contributed by atoms with van der Waals surface area (Å²) in [5.41, 5.74) is -0.220. The standard InChI is InChI=1S/C15H21BrN2O3/c1-14(2,3)21-13(19)18-8-7-15(10-18,20-4)12-6-5-11(16)9-17-12/h5-6,9H,7-8,10H2,1-4H3. The lowest BCUT2D eigenvalue weighted by atomic mass is 9.98. The first-order chi connectivity index (χ1) is 9.76. The molecule has 5 nitrogen and oxygen atoms in total. The third-order valence-corrected chi connectivity index (χ3v) is 3.94. The monoisotopic (exact) mass is 356 g/mol. The van der Waals surface area contributed by atoms with Crippen LogP contribution in [0.5, 0.6) is 0 Å². The van der Waals surface area contributed by atoms with Crippen LogP contribution < -0.4 is 0 Å². The molecule has 1 amide bonds. The lowest BCUT2D eigenvalue weighted by Crippen LogP contribution is -2.39. The number of halogens is 1. The number of hydrogen-bond donors (Lipinski definition) is 0. The zero-order valence-electron chi connectivity index (χ0n) is 12.9. The van der Waals surface area contributed by atoms with Gasteiger partial charge in [0.2, 0.25) is 0 Å². The quantitative estimate of drug-likeness (QED) is 0.815. The first-order valence-corrected chi connectivity index (χ1v) is 7.70. The van der Waals surface area contributed by atoms with Crippen LogP contribution in [-0.2, 0) is 15.1 Å². The molecule has 1 fully saturated rings. The Morgan fingerprint density at radius 1 is 1.43 bits per heavy atom. The zero-order chi connectivity index (χ0) is 15.7. The van der Waals surface area contributed by atoms with E-state index in [0.29, 0.717) is 19.5 Å². The van der Waals surface area contributed by atoms with Crippen LogP contribution in [0.4, 0.5) is 4.79 Å². The molecule has 0 bridgehead atoms. The highest BCUT2D eigenvalue weighted by atomic mass is 79.9. The van der Waals surface area contributed by atoms with Crippen LogP contribution in [0.15, 0.2) is 22.8 Å². The van der Waals surface area contributed by atoms with Crippen LogP contribution in [0.1, 0.15) is 32.9 Å². The molecule has 0 N–H and O–H groups in total. The van der Waals surface area contributed by atoms with Crippen molar-refractivity contribution in [3.63, 3.8) is 0 Å². The molecule has 1 atom stereocenters. The second-order valence-electron chi connectivity index (χ2n) is 6.21. The highest BCUT2D eigenvalue weighted by Gasteiger charge is 2.43. The van der Waals surface area contributed by atoms with Crippen molar-refractivity contribution < 1.29 is 14.3 Å². The molecule has 2 heterocycles. The molecule has 0 spiro atoms. The Bertz CT molecular complexity index is 513. The Morgan fingerprint density at radius 3 is 2.67 bits per heavy atom. The maximum Gasteiger partial charge on any atom is 0.410 e. The minimum atomic E-state index is -0.558. The Kier molecular flexibility index (Phi) is 4.58. The van der Waals surface area contributed by atoms with Gasteiger partial charge in [0.15, 0.2) is 0 Å². The van der Waals surface area contributed by atoms with E-state index in [0.717, 1.165) is 10.2 Å². The molecule has 1 saturated heterocycles. The number of pyridine rings is 1. The number of carbonyl (C=O) groups excluding carboxylic acids is 1. The lowest BCUT2D eigenvalue weighted by Gasteiger charge is -2.28. The van der Waals surface area contributed by atoms with E-state index in [9.17, 15) is 4.79 Å². The highest BCUT2D eigenvalue weighted by Crippen LogP contribution is 2.35. The van der Waals surface area contributed by atoms with Crippen molar-refractivity contribution in [1.29, 1.82) is 0 Å². The van der Waals surface area contributed by atoms with Gasteiger partial charge in [-0.15, -0.1) is 0 Å². The molecule has 116 valence electrons. The minimum absolute atomic E-state index is 0.307. The molecule has 6 heteroatoms. The van der Waals surface area contributed by atoms with Crippen LogP contribution in [0.3, 0.4) is 0 Å². The molecule has 1 aliphatic rings. The summed E-state index contributed by atoms with van der Waals surface area (Å²) in [6.45, 7) is 6.63. The Labute approximate surface area is 133 Å². The van der Waals surface area contributed by atoms with Gasteiger partial charge < -0.3 is 14.4 Å². The lowest BCUT2D eigenvalue weighted by molar-refractivity contribution is -0.0158. The summed E-state index contributed by atoms with van der Waals surface area (Å²) in [5, 5.41) is 0. The summed E-state index contributed by atoms with van der Waals surface area (Å²) in [7, 11) is 1.66. The van der Waals surface area contributed by atoms with Crippen LogP contribution in [0, 0.1) is 0 Å². The van der Waals surface area contributed by atoms with Gasteiger partial charge >= 0.3 is 6.09 Å². The first kappa shape index (κ1) is 16.2. The SMILES string of the molecule is COC1(c2ccc(Br)cn2)CCN(C(=O)OC(C)(C)C)C1. The van der Waals surface area contributed by atoms with E-state index in [4.69, 9.17) is 9.47 Å². The van der Waals surface area contributed by atoms with E-state index in [2.05, 4.69) is 20.9 Å². The Balaban J connectivity index is 2.14. The number of nitrogens with zero attached hydrogens (tertiary/aromatic N) is 2. The summed E-state index contributed by atoms with van der Waals surface area (Å²) in [6, 6.07) is 3.85. The third kappa shape index (κ3) is 3.74. The van der Waals surface area contributed by atoms with Crippen molar-refractivity contribution in [3.8, 4) is 0 Å². The molecule has 0 radical (unpaired) electrons. The fourth-order valence-corrected chi connectivity index (χ4v) is 2.62. The molecule has 21 heavy (non-hydrogen) atoms. The van der Waals surface area contributed by atoms with Crippen molar-refractivity contribution in [2.45, 2.75) is 38.4 Å². The van der Waals surface area contributed by atoms with Crippen LogP contribution in [0.2, 0.25) is 0 Å². The average Bonchev–Trinajstić information content (AvgIpc) is 2.83. The maximum absolute atomic E-state index is 12.2. The number of ether oxygens (including phenoxy) is 2. The number of aromatic nitrogens is 1. The van der Waals surface area contributed by atoms with E-state index in [1.54, 1.807) is 18.2 Å². The van der Waals surface area contributed by atoms with Gasteiger partial charge in [-0.05, 0) is 48.8 Å². The zero-order valence-corrected chi connectivity index (χ0v) is 14.4. The summed E-state index contributed by atoms with van der Waals surface area (Å²) in [5.74, 6) is 0. The molecule has 1 aromatic heterocycles. The van der Waals surface area contributed by atoms with Crippen molar-refractivity contribution in [2.24, 2.45) is 0 Å². The first-order valence-electron chi connectivity index (χ1n) is 6.91. The minimum Gasteiger partial charge on any atom is -0.444 e. The summed E-state index contributed by atoms with van der Waals surface area (Å²) < 4.78 is 12.0. The van der Waals surface area contributed by atoms with Gasteiger partial charge in [0, 0.05) is 30.7 Å². The number of rotatable bonds is 2. The van der Waals surface area contributed by atoms with Gasteiger partial charge in [0.1, 0.15) is 11.2 Å². The number of methoxy groups -OCH3 is 1. The van der Waals surface area contributed by atoms with Crippen LogP contribution in [0.25, 0.3) is 0 Å². The number of amides is 1. The molecule has 1 unspecified atom stereocenters. The van der Waals surface area contributed by atoms with E-state index >= 15 is 0 Å². The molecule has 1 aromatic rings. The second kappa shape index (κ2) is 5.93. The summed E-state index contributed by atoms with van der Waals surface area (Å²) in [4.78, 5) is 18.3. The average molecular weight is 357 g/mol. The van der Waals surface area contributed by atoms with Gasteiger partial charge in [-0.3, -0.25) is 4.98 Å². The topological polar surface area (TPSA) is 51.7 Å². The number of likely N-dealkylation sites (tertiary alicyclic amines) is 1. The van der Waals surface area contributed by atoms with Crippen molar-refractivity contribution in [2.75, 3.05) is 20.2 Å². The Hall–Kier alpha value is -1.14. The molecule has 1 aliphatic heterocycles. The van der Waals surface area contributed by atoms with E-state index in [-0.39, 0.29) is 6.09 Å². The molecule has 2 rings (SSSR count). The predicted octanol–water partition coefficient (Wildman–Crippen LogP) is 3.33.